The Kier molecular flexibility index (Phi) is 5.07. The van der Waals surface area contributed by atoms with Crippen LogP contribution in [0.15, 0.2) is 60.8 Å². The van der Waals surface area contributed by atoms with E-state index in [1.807, 2.05) is 18.2 Å². The van der Waals surface area contributed by atoms with Crippen molar-refractivity contribution in [1.82, 2.24) is 9.97 Å². The molecule has 0 spiro atoms. The lowest BCUT2D eigenvalue weighted by atomic mass is 10.2. The number of nitriles is 1. The van der Waals surface area contributed by atoms with Crippen LogP contribution in [0.4, 0.5) is 23.1 Å². The maximum Gasteiger partial charge on any atom is 0.227 e. The molecule has 28 heavy (non-hydrogen) atoms. The molecule has 0 amide bonds. The second kappa shape index (κ2) is 7.97. The Morgan fingerprint density at radius 3 is 2.43 bits per heavy atom. The first kappa shape index (κ1) is 17.8. The van der Waals surface area contributed by atoms with Gasteiger partial charge < -0.3 is 15.1 Å². The number of benzene rings is 2. The van der Waals surface area contributed by atoms with Gasteiger partial charge in [-0.05, 0) is 55.0 Å². The minimum Gasteiger partial charge on any atom is -0.368 e. The highest BCUT2D eigenvalue weighted by atomic mass is 15.3. The molecule has 0 unspecified atom stereocenters. The van der Waals surface area contributed by atoms with Crippen molar-refractivity contribution in [2.24, 2.45) is 0 Å². The number of hydrogen-bond acceptors (Lipinski definition) is 6. The number of hydrogen-bond donors (Lipinski definition) is 1. The fourth-order valence-electron chi connectivity index (χ4n) is 3.34. The summed E-state index contributed by atoms with van der Waals surface area (Å²) in [5.41, 5.74) is 4.09. The lowest BCUT2D eigenvalue weighted by Crippen LogP contribution is -2.47. The largest absolute Gasteiger partial charge is 0.368 e. The van der Waals surface area contributed by atoms with Crippen molar-refractivity contribution < 1.29 is 0 Å². The van der Waals surface area contributed by atoms with Crippen LogP contribution in [-0.4, -0.2) is 36.1 Å². The molecular formula is C22H22N6. The van der Waals surface area contributed by atoms with E-state index in [0.717, 1.165) is 43.6 Å². The summed E-state index contributed by atoms with van der Waals surface area (Å²) in [7, 11) is 0. The Hall–Kier alpha value is -3.59. The maximum atomic E-state index is 8.90. The number of aromatic nitrogens is 2. The van der Waals surface area contributed by atoms with Gasteiger partial charge in [0.2, 0.25) is 5.95 Å². The van der Waals surface area contributed by atoms with Crippen molar-refractivity contribution in [3.63, 3.8) is 0 Å². The summed E-state index contributed by atoms with van der Waals surface area (Å²) in [5.74, 6) is 1.48. The van der Waals surface area contributed by atoms with Gasteiger partial charge in [-0.1, -0.05) is 12.1 Å². The summed E-state index contributed by atoms with van der Waals surface area (Å²) in [6.07, 6.45) is 1.78. The van der Waals surface area contributed by atoms with E-state index < -0.39 is 0 Å². The minimum absolute atomic E-state index is 0.639. The Labute approximate surface area is 165 Å². The van der Waals surface area contributed by atoms with Gasteiger partial charge in [-0.3, -0.25) is 0 Å². The average Bonchev–Trinajstić information content (AvgIpc) is 2.75. The molecule has 3 aromatic rings. The van der Waals surface area contributed by atoms with Gasteiger partial charge in [0, 0.05) is 43.8 Å². The summed E-state index contributed by atoms with van der Waals surface area (Å²) >= 11 is 0. The van der Waals surface area contributed by atoms with Gasteiger partial charge in [0.15, 0.2) is 0 Å². The molecule has 0 atom stereocenters. The van der Waals surface area contributed by atoms with Gasteiger partial charge in [0.1, 0.15) is 5.82 Å². The molecule has 0 aliphatic carbocycles. The fraction of sp³-hybridized carbons (Fsp3) is 0.227. The molecule has 1 aliphatic heterocycles. The Morgan fingerprint density at radius 2 is 1.71 bits per heavy atom. The number of aryl methyl sites for hydroxylation is 1. The summed E-state index contributed by atoms with van der Waals surface area (Å²) in [6, 6.07) is 19.9. The van der Waals surface area contributed by atoms with E-state index in [1.165, 1.54) is 11.3 Å². The van der Waals surface area contributed by atoms with Crippen LogP contribution in [0.25, 0.3) is 0 Å². The van der Waals surface area contributed by atoms with Crippen LogP contribution in [0.1, 0.15) is 11.1 Å². The van der Waals surface area contributed by atoms with Crippen LogP contribution in [0, 0.1) is 18.3 Å². The molecule has 1 saturated heterocycles. The van der Waals surface area contributed by atoms with Crippen LogP contribution in [0.2, 0.25) is 0 Å². The Bertz CT molecular complexity index is 984. The van der Waals surface area contributed by atoms with Gasteiger partial charge in [-0.15, -0.1) is 0 Å². The van der Waals surface area contributed by atoms with Gasteiger partial charge in [-0.2, -0.15) is 10.2 Å². The third kappa shape index (κ3) is 4.04. The van der Waals surface area contributed by atoms with Crippen LogP contribution in [0.3, 0.4) is 0 Å². The predicted molar refractivity (Wildman–Crippen MR) is 112 cm³/mol. The monoisotopic (exact) mass is 370 g/mol. The Balaban J connectivity index is 1.41. The van der Waals surface area contributed by atoms with E-state index >= 15 is 0 Å². The first-order chi connectivity index (χ1) is 13.7. The van der Waals surface area contributed by atoms with Crippen molar-refractivity contribution in [2.75, 3.05) is 41.3 Å². The number of nitrogens with one attached hydrogen (secondary N) is 1. The molecule has 1 aliphatic rings. The molecule has 0 saturated carbocycles. The van der Waals surface area contributed by atoms with Crippen LogP contribution >= 0.6 is 0 Å². The smallest absolute Gasteiger partial charge is 0.227 e. The molecular weight excluding hydrogens is 348 g/mol. The highest BCUT2D eigenvalue weighted by molar-refractivity contribution is 5.58. The second-order valence-corrected chi connectivity index (χ2v) is 6.87. The van der Waals surface area contributed by atoms with Crippen molar-refractivity contribution in [3.8, 4) is 6.07 Å². The summed E-state index contributed by atoms with van der Waals surface area (Å²) in [6.45, 7) is 5.78. The topological polar surface area (TPSA) is 68.1 Å². The van der Waals surface area contributed by atoms with Gasteiger partial charge in [0.05, 0.1) is 11.6 Å². The van der Waals surface area contributed by atoms with Crippen LogP contribution in [0.5, 0.6) is 0 Å². The fourth-order valence-corrected chi connectivity index (χ4v) is 3.34. The zero-order chi connectivity index (χ0) is 19.3. The second-order valence-electron chi connectivity index (χ2n) is 6.87. The third-order valence-electron chi connectivity index (χ3n) is 4.86. The van der Waals surface area contributed by atoms with Crippen molar-refractivity contribution in [2.45, 2.75) is 6.92 Å². The lowest BCUT2D eigenvalue weighted by molar-refractivity contribution is 0.640. The zero-order valence-corrected chi connectivity index (χ0v) is 15.8. The molecule has 2 aromatic carbocycles. The molecule has 1 aromatic heterocycles. The van der Waals surface area contributed by atoms with Gasteiger partial charge in [-0.25, -0.2) is 4.98 Å². The van der Waals surface area contributed by atoms with Crippen LogP contribution < -0.4 is 15.1 Å². The molecule has 140 valence electrons. The van der Waals surface area contributed by atoms with E-state index in [0.29, 0.717) is 5.56 Å². The van der Waals surface area contributed by atoms with Crippen molar-refractivity contribution in [1.29, 1.82) is 5.26 Å². The summed E-state index contributed by atoms with van der Waals surface area (Å²) in [5, 5.41) is 12.2. The quantitative estimate of drug-likeness (QED) is 0.755. The number of piperazine rings is 1. The Morgan fingerprint density at radius 1 is 0.964 bits per heavy atom. The molecule has 6 nitrogen and oxygen atoms in total. The van der Waals surface area contributed by atoms with E-state index in [1.54, 1.807) is 18.3 Å². The SMILES string of the molecule is Cc1cccc(N2CCN(c3nccc(Nc4ccc(C#N)cc4)n3)CC2)c1. The predicted octanol–water partition coefficient (Wildman–Crippen LogP) is 3.73. The van der Waals surface area contributed by atoms with Crippen LogP contribution in [-0.2, 0) is 0 Å². The normalized spacial score (nSPS) is 13.9. The molecule has 2 heterocycles. The van der Waals surface area contributed by atoms with E-state index in [2.05, 4.69) is 62.3 Å². The average molecular weight is 370 g/mol. The lowest BCUT2D eigenvalue weighted by Gasteiger charge is -2.36. The number of nitrogens with zero attached hydrogens (tertiary/aromatic N) is 5. The van der Waals surface area contributed by atoms with E-state index in [4.69, 9.17) is 5.26 Å². The molecule has 4 rings (SSSR count). The zero-order valence-electron chi connectivity index (χ0n) is 15.8. The molecule has 0 bridgehead atoms. The molecule has 1 fully saturated rings. The number of rotatable bonds is 4. The van der Waals surface area contributed by atoms with E-state index in [9.17, 15) is 0 Å². The first-order valence-corrected chi connectivity index (χ1v) is 9.38. The highest BCUT2D eigenvalue weighted by Gasteiger charge is 2.19. The third-order valence-corrected chi connectivity index (χ3v) is 4.86. The summed E-state index contributed by atoms with van der Waals surface area (Å²) < 4.78 is 0. The number of anilines is 4. The first-order valence-electron chi connectivity index (χ1n) is 9.38. The summed E-state index contributed by atoms with van der Waals surface area (Å²) in [4.78, 5) is 13.7. The van der Waals surface area contributed by atoms with E-state index in [-0.39, 0.29) is 0 Å². The molecule has 0 radical (unpaired) electrons. The standard InChI is InChI=1S/C22H22N6/c1-17-3-2-4-20(15-17)27-11-13-28(14-12-27)22-24-10-9-21(26-22)25-19-7-5-18(16-23)6-8-19/h2-10,15H,11-14H2,1H3,(H,24,25,26). The maximum absolute atomic E-state index is 8.90. The van der Waals surface area contributed by atoms with Gasteiger partial charge >= 0.3 is 0 Å². The van der Waals surface area contributed by atoms with Gasteiger partial charge in [0.25, 0.3) is 0 Å². The van der Waals surface area contributed by atoms with Crippen molar-refractivity contribution in [3.05, 3.63) is 71.9 Å². The molecule has 6 heteroatoms. The molecule has 1 N–H and O–H groups in total. The highest BCUT2D eigenvalue weighted by Crippen LogP contribution is 2.21. The minimum atomic E-state index is 0.639. The van der Waals surface area contributed by atoms with Crippen molar-refractivity contribution >= 4 is 23.1 Å².